The summed E-state index contributed by atoms with van der Waals surface area (Å²) in [7, 11) is 1.62. The molecule has 0 saturated carbocycles. The van der Waals surface area contributed by atoms with Gasteiger partial charge < -0.3 is 4.74 Å². The molecule has 0 aliphatic rings. The molecular weight excluding hydrogens is 154 g/mol. The highest BCUT2D eigenvalue weighted by Crippen LogP contribution is 2.17. The van der Waals surface area contributed by atoms with Crippen molar-refractivity contribution in [1.29, 1.82) is 0 Å². The molecule has 0 bridgehead atoms. The van der Waals surface area contributed by atoms with Gasteiger partial charge in [0, 0.05) is 6.54 Å². The molecule has 0 saturated heterocycles. The minimum absolute atomic E-state index is 0.576. The second-order valence-corrected chi connectivity index (χ2v) is 2.41. The quantitative estimate of drug-likeness (QED) is 0.698. The van der Waals surface area contributed by atoms with E-state index in [0.29, 0.717) is 6.54 Å². The second kappa shape index (κ2) is 3.97. The van der Waals surface area contributed by atoms with Crippen LogP contribution in [-0.2, 0) is 0 Å². The van der Waals surface area contributed by atoms with E-state index in [-0.39, 0.29) is 0 Å². The van der Waals surface area contributed by atoms with Gasteiger partial charge in [-0.2, -0.15) is 0 Å². The minimum Gasteiger partial charge on any atom is -0.497 e. The second-order valence-electron chi connectivity index (χ2n) is 2.41. The molecular formula is C9H13NO2. The number of hydroxylamine groups is 1. The minimum atomic E-state index is 0.576. The Morgan fingerprint density at radius 3 is 2.33 bits per heavy atom. The van der Waals surface area contributed by atoms with E-state index in [0.717, 1.165) is 11.4 Å². The van der Waals surface area contributed by atoms with Crippen LogP contribution in [0.4, 0.5) is 5.69 Å². The predicted octanol–water partition coefficient (Wildman–Crippen LogP) is 1.91. The van der Waals surface area contributed by atoms with Crippen molar-refractivity contribution >= 4 is 5.69 Å². The van der Waals surface area contributed by atoms with Gasteiger partial charge in [0.05, 0.1) is 12.8 Å². The number of rotatable bonds is 3. The third kappa shape index (κ3) is 1.89. The molecule has 0 unspecified atom stereocenters. The largest absolute Gasteiger partial charge is 0.497 e. The summed E-state index contributed by atoms with van der Waals surface area (Å²) in [6.07, 6.45) is 0. The lowest BCUT2D eigenvalue weighted by molar-refractivity contribution is 0.260. The van der Waals surface area contributed by atoms with Gasteiger partial charge in [-0.1, -0.05) is 0 Å². The number of hydrogen-bond acceptors (Lipinski definition) is 3. The lowest BCUT2D eigenvalue weighted by Crippen LogP contribution is -2.16. The van der Waals surface area contributed by atoms with Gasteiger partial charge in [0.15, 0.2) is 0 Å². The van der Waals surface area contributed by atoms with Crippen LogP contribution < -0.4 is 9.80 Å². The van der Waals surface area contributed by atoms with Gasteiger partial charge in [-0.3, -0.25) is 10.3 Å². The van der Waals surface area contributed by atoms with Crippen LogP contribution in [0.1, 0.15) is 6.92 Å². The number of nitrogens with zero attached hydrogens (tertiary/aromatic N) is 1. The lowest BCUT2D eigenvalue weighted by atomic mass is 10.3. The van der Waals surface area contributed by atoms with Gasteiger partial charge in [0.1, 0.15) is 5.75 Å². The first-order valence-electron chi connectivity index (χ1n) is 3.88. The number of benzene rings is 1. The molecule has 0 aliphatic carbocycles. The third-order valence-corrected chi connectivity index (χ3v) is 1.67. The molecule has 1 rings (SSSR count). The fourth-order valence-electron chi connectivity index (χ4n) is 0.937. The highest BCUT2D eigenvalue weighted by molar-refractivity contribution is 5.46. The first-order valence-corrected chi connectivity index (χ1v) is 3.88. The molecule has 1 aromatic rings. The van der Waals surface area contributed by atoms with Crippen LogP contribution >= 0.6 is 0 Å². The zero-order valence-corrected chi connectivity index (χ0v) is 7.32. The topological polar surface area (TPSA) is 32.7 Å². The van der Waals surface area contributed by atoms with Gasteiger partial charge in [-0.15, -0.1) is 0 Å². The van der Waals surface area contributed by atoms with Crippen molar-refractivity contribution in [2.24, 2.45) is 0 Å². The SMILES string of the molecule is CCN(O)c1ccc(OC)cc1. The molecule has 66 valence electrons. The molecule has 0 fully saturated rings. The van der Waals surface area contributed by atoms with Crippen LogP contribution in [0.15, 0.2) is 24.3 Å². The van der Waals surface area contributed by atoms with Crippen LogP contribution in [0.2, 0.25) is 0 Å². The van der Waals surface area contributed by atoms with Gasteiger partial charge in [0.2, 0.25) is 0 Å². The van der Waals surface area contributed by atoms with Crippen molar-refractivity contribution in [3.05, 3.63) is 24.3 Å². The highest BCUT2D eigenvalue weighted by Gasteiger charge is 1.98. The summed E-state index contributed by atoms with van der Waals surface area (Å²) in [4.78, 5) is 0. The monoisotopic (exact) mass is 167 g/mol. The number of anilines is 1. The van der Waals surface area contributed by atoms with Crippen LogP contribution in [0.5, 0.6) is 5.75 Å². The summed E-state index contributed by atoms with van der Waals surface area (Å²) in [5.74, 6) is 0.795. The standard InChI is InChI=1S/C9H13NO2/c1-3-10(11)8-4-6-9(12-2)7-5-8/h4-7,11H,3H2,1-2H3. The summed E-state index contributed by atoms with van der Waals surface area (Å²) in [5.41, 5.74) is 0.776. The summed E-state index contributed by atoms with van der Waals surface area (Å²) in [6.45, 7) is 2.45. The summed E-state index contributed by atoms with van der Waals surface area (Å²) in [5, 5.41) is 10.5. The molecule has 12 heavy (non-hydrogen) atoms. The maximum absolute atomic E-state index is 9.29. The van der Waals surface area contributed by atoms with E-state index in [1.807, 2.05) is 31.2 Å². The van der Waals surface area contributed by atoms with Crippen molar-refractivity contribution in [2.75, 3.05) is 18.7 Å². The predicted molar refractivity (Wildman–Crippen MR) is 47.8 cm³/mol. The Balaban J connectivity index is 2.77. The zero-order chi connectivity index (χ0) is 8.97. The van der Waals surface area contributed by atoms with E-state index >= 15 is 0 Å². The molecule has 1 N–H and O–H groups in total. The van der Waals surface area contributed by atoms with E-state index in [1.165, 1.54) is 5.06 Å². The smallest absolute Gasteiger partial charge is 0.119 e. The number of ether oxygens (including phenoxy) is 1. The molecule has 0 heterocycles. The number of hydrogen-bond donors (Lipinski definition) is 1. The number of methoxy groups -OCH3 is 1. The summed E-state index contributed by atoms with van der Waals surface area (Å²) >= 11 is 0. The molecule has 0 aromatic heterocycles. The molecule has 3 nitrogen and oxygen atoms in total. The fourth-order valence-corrected chi connectivity index (χ4v) is 0.937. The maximum atomic E-state index is 9.29. The third-order valence-electron chi connectivity index (χ3n) is 1.67. The van der Waals surface area contributed by atoms with E-state index in [2.05, 4.69) is 0 Å². The van der Waals surface area contributed by atoms with Crippen LogP contribution in [0.25, 0.3) is 0 Å². The summed E-state index contributed by atoms with van der Waals surface area (Å²) < 4.78 is 4.98. The Bertz CT molecular complexity index is 233. The van der Waals surface area contributed by atoms with E-state index in [4.69, 9.17) is 4.74 Å². The zero-order valence-electron chi connectivity index (χ0n) is 7.32. The highest BCUT2D eigenvalue weighted by atomic mass is 16.5. The average molecular weight is 167 g/mol. The Morgan fingerprint density at radius 2 is 1.92 bits per heavy atom. The van der Waals surface area contributed by atoms with E-state index < -0.39 is 0 Å². The van der Waals surface area contributed by atoms with E-state index in [9.17, 15) is 5.21 Å². The van der Waals surface area contributed by atoms with Crippen LogP contribution in [0.3, 0.4) is 0 Å². The van der Waals surface area contributed by atoms with Crippen molar-refractivity contribution in [2.45, 2.75) is 6.92 Å². The summed E-state index contributed by atoms with van der Waals surface area (Å²) in [6, 6.07) is 7.24. The van der Waals surface area contributed by atoms with Crippen molar-refractivity contribution in [1.82, 2.24) is 0 Å². The molecule has 0 spiro atoms. The fraction of sp³-hybridized carbons (Fsp3) is 0.333. The van der Waals surface area contributed by atoms with Crippen molar-refractivity contribution < 1.29 is 9.94 Å². The Kier molecular flexibility index (Phi) is 2.94. The molecule has 3 heteroatoms. The lowest BCUT2D eigenvalue weighted by Gasteiger charge is -2.14. The van der Waals surface area contributed by atoms with Gasteiger partial charge >= 0.3 is 0 Å². The Morgan fingerprint density at radius 1 is 1.33 bits per heavy atom. The first kappa shape index (κ1) is 8.87. The molecule has 0 aliphatic heterocycles. The van der Waals surface area contributed by atoms with Gasteiger partial charge in [-0.05, 0) is 31.2 Å². The molecule has 0 radical (unpaired) electrons. The normalized spacial score (nSPS) is 9.58. The maximum Gasteiger partial charge on any atom is 0.119 e. The average Bonchev–Trinajstić information content (AvgIpc) is 2.17. The Hall–Kier alpha value is -1.22. The molecule has 0 amide bonds. The van der Waals surface area contributed by atoms with Crippen molar-refractivity contribution in [3.63, 3.8) is 0 Å². The van der Waals surface area contributed by atoms with Crippen molar-refractivity contribution in [3.8, 4) is 5.75 Å². The van der Waals surface area contributed by atoms with Gasteiger partial charge in [0.25, 0.3) is 0 Å². The Labute approximate surface area is 72.1 Å². The van der Waals surface area contributed by atoms with E-state index in [1.54, 1.807) is 7.11 Å². The van der Waals surface area contributed by atoms with Crippen LogP contribution in [0, 0.1) is 0 Å². The van der Waals surface area contributed by atoms with Crippen LogP contribution in [-0.4, -0.2) is 18.9 Å². The first-order chi connectivity index (χ1) is 5.77. The molecule has 1 aromatic carbocycles. The van der Waals surface area contributed by atoms with Gasteiger partial charge in [-0.25, -0.2) is 0 Å². The molecule has 0 atom stereocenters.